The number of imidazole rings is 1. The van der Waals surface area contributed by atoms with Crippen LogP contribution in [0.4, 0.5) is 13.2 Å². The van der Waals surface area contributed by atoms with Crippen LogP contribution in [0, 0.1) is 23.6 Å². The molecular weight excluding hydrogens is 419 g/mol. The molecule has 1 amide bonds. The molecule has 0 saturated heterocycles. The molecule has 2 aliphatic rings. The molecule has 0 spiro atoms. The van der Waals surface area contributed by atoms with Gasteiger partial charge in [0.25, 0.3) is 5.91 Å². The first-order valence-corrected chi connectivity index (χ1v) is 10.5. The highest BCUT2D eigenvalue weighted by molar-refractivity contribution is 6.01. The second-order valence-corrected chi connectivity index (χ2v) is 8.05. The molecule has 0 radical (unpaired) electrons. The van der Waals surface area contributed by atoms with Crippen LogP contribution in [0.1, 0.15) is 54.0 Å². The molecule has 1 aliphatic heterocycles. The summed E-state index contributed by atoms with van der Waals surface area (Å²) in [6.45, 7) is -1.21. The summed E-state index contributed by atoms with van der Waals surface area (Å²) >= 11 is 0. The number of halogens is 3. The molecule has 5 nitrogen and oxygen atoms in total. The molecule has 0 bridgehead atoms. The highest BCUT2D eigenvalue weighted by atomic mass is 19.3. The minimum absolute atomic E-state index is 0.0935. The third-order valence-corrected chi connectivity index (χ3v) is 5.88. The summed E-state index contributed by atoms with van der Waals surface area (Å²) in [5, 5.41) is 0. The lowest BCUT2D eigenvalue weighted by Gasteiger charge is -2.24. The van der Waals surface area contributed by atoms with Crippen molar-refractivity contribution in [3.8, 4) is 23.3 Å². The van der Waals surface area contributed by atoms with Crippen LogP contribution in [0.25, 0.3) is 16.7 Å². The van der Waals surface area contributed by atoms with Crippen molar-refractivity contribution in [2.45, 2.75) is 38.8 Å². The maximum absolute atomic E-state index is 15.1. The van der Waals surface area contributed by atoms with Gasteiger partial charge in [0.05, 0.1) is 17.1 Å². The zero-order valence-corrected chi connectivity index (χ0v) is 17.5. The average Bonchev–Trinajstić information content (AvgIpc) is 3.52. The highest BCUT2D eigenvalue weighted by Gasteiger charge is 2.35. The first-order valence-electron chi connectivity index (χ1n) is 10.5. The van der Waals surface area contributed by atoms with Crippen molar-refractivity contribution in [2.75, 3.05) is 7.05 Å². The van der Waals surface area contributed by atoms with E-state index in [0.29, 0.717) is 29.2 Å². The molecular formula is C24H20F3N3O2. The Morgan fingerprint density at radius 3 is 2.75 bits per heavy atom. The van der Waals surface area contributed by atoms with E-state index in [1.807, 2.05) is 6.92 Å². The number of aromatic nitrogens is 2. The Hall–Kier alpha value is -3.47. The zero-order valence-electron chi connectivity index (χ0n) is 17.5. The van der Waals surface area contributed by atoms with E-state index in [4.69, 9.17) is 4.74 Å². The van der Waals surface area contributed by atoms with Gasteiger partial charge in [0.15, 0.2) is 11.6 Å². The van der Waals surface area contributed by atoms with Gasteiger partial charge in [-0.1, -0.05) is 24.8 Å². The number of carbonyl (C=O) groups excluding carboxylic acids is 1. The van der Waals surface area contributed by atoms with Crippen LogP contribution in [0.3, 0.4) is 0 Å². The minimum atomic E-state index is -3.09. The van der Waals surface area contributed by atoms with E-state index in [1.54, 1.807) is 23.7 Å². The Bertz CT molecular complexity index is 1300. The normalized spacial score (nSPS) is 17.6. The van der Waals surface area contributed by atoms with Crippen molar-refractivity contribution in [1.82, 2.24) is 14.5 Å². The van der Waals surface area contributed by atoms with Crippen LogP contribution in [-0.2, 0) is 0 Å². The van der Waals surface area contributed by atoms with Crippen LogP contribution in [0.2, 0.25) is 0 Å². The SMILES string of the molecule is CCC1c2nc3c(F)cc(C#CC4CC4)cc3n2-c2c(OC(F)F)cccc2C(=O)N1C. The number of carbonyl (C=O) groups is 1. The molecule has 1 atom stereocenters. The number of nitrogens with zero attached hydrogens (tertiary/aromatic N) is 3. The van der Waals surface area contributed by atoms with E-state index in [1.165, 1.54) is 23.1 Å². The molecule has 1 unspecified atom stereocenters. The number of rotatable bonds is 3. The molecule has 0 N–H and O–H groups in total. The van der Waals surface area contributed by atoms with Crippen molar-refractivity contribution in [1.29, 1.82) is 0 Å². The first-order chi connectivity index (χ1) is 15.4. The molecule has 1 saturated carbocycles. The number of alkyl halides is 2. The van der Waals surface area contributed by atoms with E-state index < -0.39 is 18.5 Å². The number of hydrogen-bond donors (Lipinski definition) is 0. The summed E-state index contributed by atoms with van der Waals surface area (Å²) in [6.07, 6.45) is 2.57. The Labute approximate surface area is 182 Å². The van der Waals surface area contributed by atoms with Crippen molar-refractivity contribution >= 4 is 16.9 Å². The predicted octanol–water partition coefficient (Wildman–Crippen LogP) is 5.06. The number of ether oxygens (including phenoxy) is 1. The number of para-hydroxylation sites is 1. The fourth-order valence-corrected chi connectivity index (χ4v) is 4.18. The minimum Gasteiger partial charge on any atom is -0.433 e. The fourth-order valence-electron chi connectivity index (χ4n) is 4.18. The Kier molecular flexibility index (Phi) is 4.85. The lowest BCUT2D eigenvalue weighted by atomic mass is 10.1. The lowest BCUT2D eigenvalue weighted by Crippen LogP contribution is -2.30. The monoisotopic (exact) mass is 439 g/mol. The van der Waals surface area contributed by atoms with E-state index in [-0.39, 0.29) is 28.4 Å². The van der Waals surface area contributed by atoms with Gasteiger partial charge in [-0.3, -0.25) is 9.36 Å². The quantitative estimate of drug-likeness (QED) is 0.536. The van der Waals surface area contributed by atoms with Gasteiger partial charge in [-0.2, -0.15) is 8.78 Å². The van der Waals surface area contributed by atoms with Gasteiger partial charge in [-0.15, -0.1) is 0 Å². The third-order valence-electron chi connectivity index (χ3n) is 5.88. The topological polar surface area (TPSA) is 47.4 Å². The van der Waals surface area contributed by atoms with Gasteiger partial charge in [0.2, 0.25) is 0 Å². The van der Waals surface area contributed by atoms with Gasteiger partial charge in [-0.25, -0.2) is 9.37 Å². The van der Waals surface area contributed by atoms with Crippen molar-refractivity contribution < 1.29 is 22.7 Å². The molecule has 8 heteroatoms. The third kappa shape index (κ3) is 3.29. The van der Waals surface area contributed by atoms with Crippen molar-refractivity contribution in [3.05, 3.63) is 53.1 Å². The van der Waals surface area contributed by atoms with Gasteiger partial charge in [0, 0.05) is 18.5 Å². The van der Waals surface area contributed by atoms with Crippen LogP contribution >= 0.6 is 0 Å². The maximum atomic E-state index is 15.1. The summed E-state index contributed by atoms with van der Waals surface area (Å²) in [5.41, 5.74) is 1.22. The molecule has 1 fully saturated rings. The average molecular weight is 439 g/mol. The maximum Gasteiger partial charge on any atom is 0.387 e. The summed E-state index contributed by atoms with van der Waals surface area (Å²) in [4.78, 5) is 19.2. The van der Waals surface area contributed by atoms with Gasteiger partial charge >= 0.3 is 6.61 Å². The smallest absolute Gasteiger partial charge is 0.387 e. The van der Waals surface area contributed by atoms with E-state index in [2.05, 4.69) is 16.8 Å². The van der Waals surface area contributed by atoms with Gasteiger partial charge in [-0.05, 0) is 43.5 Å². The summed E-state index contributed by atoms with van der Waals surface area (Å²) in [5.74, 6) is 5.75. The van der Waals surface area contributed by atoms with Crippen LogP contribution < -0.4 is 4.74 Å². The van der Waals surface area contributed by atoms with Crippen LogP contribution in [0.5, 0.6) is 5.75 Å². The predicted molar refractivity (Wildman–Crippen MR) is 112 cm³/mol. The summed E-state index contributed by atoms with van der Waals surface area (Å²) in [6, 6.07) is 6.95. The molecule has 2 aromatic carbocycles. The van der Waals surface area contributed by atoms with Crippen LogP contribution in [0.15, 0.2) is 30.3 Å². The van der Waals surface area contributed by atoms with Crippen LogP contribution in [-0.4, -0.2) is 34.0 Å². The number of benzene rings is 2. The zero-order chi connectivity index (χ0) is 22.6. The molecule has 2 heterocycles. The van der Waals surface area contributed by atoms with E-state index in [9.17, 15) is 13.6 Å². The standard InChI is InChI=1S/C24H20F3N3O2/c1-3-17-22-28-20-16(25)11-14(10-9-13-7-8-13)12-18(20)30(22)21-15(23(31)29(17)2)5-4-6-19(21)32-24(26)27/h4-6,11-13,17,24H,3,7-8H2,1-2H3. The van der Waals surface area contributed by atoms with Gasteiger partial charge in [0.1, 0.15) is 17.0 Å². The molecule has 1 aromatic heterocycles. The number of fused-ring (bicyclic) bond motifs is 5. The van der Waals surface area contributed by atoms with Gasteiger partial charge < -0.3 is 9.64 Å². The molecule has 32 heavy (non-hydrogen) atoms. The molecule has 164 valence electrons. The Morgan fingerprint density at radius 1 is 1.28 bits per heavy atom. The van der Waals surface area contributed by atoms with Crippen molar-refractivity contribution in [3.63, 3.8) is 0 Å². The summed E-state index contributed by atoms with van der Waals surface area (Å²) < 4.78 is 47.9. The van der Waals surface area contributed by atoms with E-state index in [0.717, 1.165) is 12.8 Å². The second-order valence-electron chi connectivity index (χ2n) is 8.05. The largest absolute Gasteiger partial charge is 0.433 e. The first kappa shape index (κ1) is 20.4. The fraction of sp³-hybridized carbons (Fsp3) is 0.333. The molecule has 3 aromatic rings. The molecule has 1 aliphatic carbocycles. The lowest BCUT2D eigenvalue weighted by molar-refractivity contribution is -0.0498. The molecule has 5 rings (SSSR count). The number of hydrogen-bond acceptors (Lipinski definition) is 3. The highest BCUT2D eigenvalue weighted by Crippen LogP contribution is 2.40. The number of amides is 1. The Balaban J connectivity index is 1.85. The second kappa shape index (κ2) is 7.59. The summed E-state index contributed by atoms with van der Waals surface area (Å²) in [7, 11) is 1.62. The Morgan fingerprint density at radius 2 is 2.06 bits per heavy atom. The van der Waals surface area contributed by atoms with E-state index >= 15 is 4.39 Å². The van der Waals surface area contributed by atoms with Crippen molar-refractivity contribution in [2.24, 2.45) is 5.92 Å².